The van der Waals surface area contributed by atoms with Gasteiger partial charge in [-0.15, -0.1) is 11.3 Å². The van der Waals surface area contributed by atoms with Gasteiger partial charge >= 0.3 is 0 Å². The molecule has 0 aliphatic carbocycles. The lowest BCUT2D eigenvalue weighted by Crippen LogP contribution is -2.01. The average molecular weight is 389 g/mol. The second-order valence-electron chi connectivity index (χ2n) is 3.99. The van der Waals surface area contributed by atoms with Crippen molar-refractivity contribution >= 4 is 33.9 Å². The fourth-order valence-electron chi connectivity index (χ4n) is 1.61. The highest BCUT2D eigenvalue weighted by Gasteiger charge is 2.10. The summed E-state index contributed by atoms with van der Waals surface area (Å²) in [4.78, 5) is 4.54. The lowest BCUT2D eigenvalue weighted by molar-refractivity contribution is 0.0760. The van der Waals surface area contributed by atoms with Crippen LogP contribution in [0.4, 0.5) is 0 Å². The van der Waals surface area contributed by atoms with Crippen molar-refractivity contribution in [1.29, 1.82) is 0 Å². The van der Waals surface area contributed by atoms with Gasteiger partial charge in [0.15, 0.2) is 0 Å². The molecule has 0 saturated heterocycles. The van der Waals surface area contributed by atoms with E-state index in [4.69, 9.17) is 9.47 Å². The topological polar surface area (TPSA) is 31.4 Å². The molecule has 2 rings (SSSR count). The van der Waals surface area contributed by atoms with Crippen molar-refractivity contribution in [3.8, 4) is 5.75 Å². The summed E-state index contributed by atoms with van der Waals surface area (Å²) in [6, 6.07) is 7.97. The molecule has 0 N–H and O–H groups in total. The van der Waals surface area contributed by atoms with Crippen molar-refractivity contribution in [2.75, 3.05) is 6.61 Å². The van der Waals surface area contributed by atoms with E-state index in [0.29, 0.717) is 13.2 Å². The zero-order valence-electron chi connectivity index (χ0n) is 10.9. The second kappa shape index (κ2) is 7.21. The molecule has 0 radical (unpaired) electrons. The van der Waals surface area contributed by atoms with Crippen molar-refractivity contribution in [1.82, 2.24) is 4.98 Å². The van der Waals surface area contributed by atoms with E-state index in [-0.39, 0.29) is 6.10 Å². The Hall–Kier alpha value is -0.660. The lowest BCUT2D eigenvalue weighted by Gasteiger charge is -2.07. The van der Waals surface area contributed by atoms with Crippen LogP contribution in [-0.2, 0) is 11.3 Å². The molecule has 0 saturated carbocycles. The first-order valence-electron chi connectivity index (χ1n) is 6.14. The quantitative estimate of drug-likeness (QED) is 0.686. The minimum atomic E-state index is 0.0561. The van der Waals surface area contributed by atoms with Crippen LogP contribution in [0.25, 0.3) is 0 Å². The molecule has 1 unspecified atom stereocenters. The van der Waals surface area contributed by atoms with Gasteiger partial charge in [0.2, 0.25) is 0 Å². The minimum Gasteiger partial charge on any atom is -0.486 e. The molecular weight excluding hydrogens is 373 g/mol. The molecule has 102 valence electrons. The fraction of sp³-hybridized carbons (Fsp3) is 0.357. The van der Waals surface area contributed by atoms with Crippen molar-refractivity contribution in [3.63, 3.8) is 0 Å². The second-order valence-corrected chi connectivity index (χ2v) is 6.05. The summed E-state index contributed by atoms with van der Waals surface area (Å²) < 4.78 is 12.4. The van der Waals surface area contributed by atoms with E-state index in [1.807, 2.05) is 43.5 Å². The van der Waals surface area contributed by atoms with Crippen LogP contribution in [-0.4, -0.2) is 11.6 Å². The predicted molar refractivity (Wildman–Crippen MR) is 85.6 cm³/mol. The van der Waals surface area contributed by atoms with Crippen molar-refractivity contribution < 1.29 is 9.47 Å². The van der Waals surface area contributed by atoms with E-state index in [1.165, 1.54) is 0 Å². The van der Waals surface area contributed by atoms with Crippen LogP contribution >= 0.6 is 33.9 Å². The molecule has 1 heterocycles. The molecule has 3 nitrogen and oxygen atoms in total. The molecule has 1 aromatic heterocycles. The Labute approximate surface area is 131 Å². The number of hydrogen-bond acceptors (Lipinski definition) is 4. The van der Waals surface area contributed by atoms with E-state index in [9.17, 15) is 0 Å². The summed E-state index contributed by atoms with van der Waals surface area (Å²) in [5.74, 6) is 0.899. The van der Waals surface area contributed by atoms with E-state index in [0.717, 1.165) is 20.0 Å². The van der Waals surface area contributed by atoms with E-state index in [2.05, 4.69) is 27.6 Å². The zero-order valence-corrected chi connectivity index (χ0v) is 13.9. The largest absolute Gasteiger partial charge is 0.486 e. The number of halogens is 1. The highest BCUT2D eigenvalue weighted by Crippen LogP contribution is 2.23. The summed E-state index contributed by atoms with van der Waals surface area (Å²) in [7, 11) is 0. The monoisotopic (exact) mass is 389 g/mol. The molecule has 1 atom stereocenters. The Bertz CT molecular complexity index is 530. The van der Waals surface area contributed by atoms with Gasteiger partial charge in [0, 0.05) is 12.0 Å². The number of thiazole rings is 1. The molecule has 2 aromatic rings. The van der Waals surface area contributed by atoms with Gasteiger partial charge < -0.3 is 9.47 Å². The maximum Gasteiger partial charge on any atom is 0.133 e. The highest BCUT2D eigenvalue weighted by molar-refractivity contribution is 14.1. The van der Waals surface area contributed by atoms with Crippen LogP contribution in [0.15, 0.2) is 29.6 Å². The smallest absolute Gasteiger partial charge is 0.133 e. The predicted octanol–water partition coefficient (Wildman–Crippen LogP) is 4.42. The van der Waals surface area contributed by atoms with Crippen molar-refractivity contribution in [3.05, 3.63) is 43.9 Å². The van der Waals surface area contributed by atoms with Crippen LogP contribution < -0.4 is 4.74 Å². The first kappa shape index (κ1) is 14.7. The number of benzene rings is 1. The SMILES string of the molecule is CCOC(C)c1nc(COc2ccccc2I)cs1. The van der Waals surface area contributed by atoms with Gasteiger partial charge in [0.05, 0.1) is 9.26 Å². The third-order valence-electron chi connectivity index (χ3n) is 2.55. The molecule has 1 aromatic carbocycles. The van der Waals surface area contributed by atoms with Crippen LogP contribution in [0.5, 0.6) is 5.75 Å². The van der Waals surface area contributed by atoms with E-state index >= 15 is 0 Å². The van der Waals surface area contributed by atoms with Gasteiger partial charge in [0.25, 0.3) is 0 Å². The number of aromatic nitrogens is 1. The molecule has 0 amide bonds. The Balaban J connectivity index is 1.95. The van der Waals surface area contributed by atoms with Gasteiger partial charge in [-0.3, -0.25) is 0 Å². The Morgan fingerprint density at radius 1 is 1.37 bits per heavy atom. The van der Waals surface area contributed by atoms with Gasteiger partial charge in [-0.1, -0.05) is 12.1 Å². The molecule has 0 bridgehead atoms. The normalized spacial score (nSPS) is 12.4. The number of hydrogen-bond donors (Lipinski definition) is 0. The first-order chi connectivity index (χ1) is 9.20. The highest BCUT2D eigenvalue weighted by atomic mass is 127. The molecular formula is C14H16INO2S. The molecule has 0 fully saturated rings. The number of para-hydroxylation sites is 1. The zero-order chi connectivity index (χ0) is 13.7. The summed E-state index contributed by atoms with van der Waals surface area (Å²) >= 11 is 3.89. The number of rotatable bonds is 6. The molecule has 0 spiro atoms. The minimum absolute atomic E-state index is 0.0561. The number of nitrogens with zero attached hydrogens (tertiary/aromatic N) is 1. The maximum atomic E-state index is 5.77. The van der Waals surface area contributed by atoms with Gasteiger partial charge in [-0.25, -0.2) is 4.98 Å². The maximum absolute atomic E-state index is 5.77. The van der Waals surface area contributed by atoms with Crippen LogP contribution in [0.2, 0.25) is 0 Å². The van der Waals surface area contributed by atoms with E-state index in [1.54, 1.807) is 11.3 Å². The lowest BCUT2D eigenvalue weighted by atomic mass is 10.3. The summed E-state index contributed by atoms with van der Waals surface area (Å²) in [5.41, 5.74) is 0.950. The summed E-state index contributed by atoms with van der Waals surface area (Å²) in [6.07, 6.45) is 0.0561. The van der Waals surface area contributed by atoms with Crippen molar-refractivity contribution in [2.24, 2.45) is 0 Å². The number of ether oxygens (including phenoxy) is 2. The third kappa shape index (κ3) is 4.15. The average Bonchev–Trinajstić information content (AvgIpc) is 2.87. The Kier molecular flexibility index (Phi) is 5.59. The molecule has 19 heavy (non-hydrogen) atoms. The van der Waals surface area contributed by atoms with Crippen LogP contribution in [0, 0.1) is 3.57 Å². The summed E-state index contributed by atoms with van der Waals surface area (Å²) in [6.45, 7) is 5.21. The first-order valence-corrected chi connectivity index (χ1v) is 8.09. The molecule has 0 aliphatic heterocycles. The third-order valence-corrected chi connectivity index (χ3v) is 4.49. The van der Waals surface area contributed by atoms with Gasteiger partial charge in [-0.2, -0.15) is 0 Å². The fourth-order valence-corrected chi connectivity index (χ4v) is 2.96. The van der Waals surface area contributed by atoms with Gasteiger partial charge in [-0.05, 0) is 48.6 Å². The molecule has 0 aliphatic rings. The van der Waals surface area contributed by atoms with Gasteiger partial charge in [0.1, 0.15) is 23.5 Å². The van der Waals surface area contributed by atoms with E-state index < -0.39 is 0 Å². The molecule has 5 heteroatoms. The Morgan fingerprint density at radius 3 is 2.89 bits per heavy atom. The van der Waals surface area contributed by atoms with Crippen LogP contribution in [0.1, 0.15) is 30.7 Å². The standard InChI is InChI=1S/C14H16INO2S/c1-3-17-10(2)14-16-11(9-19-14)8-18-13-7-5-4-6-12(13)15/h4-7,9-10H,3,8H2,1-2H3. The van der Waals surface area contributed by atoms with Crippen molar-refractivity contribution in [2.45, 2.75) is 26.6 Å². The van der Waals surface area contributed by atoms with Crippen LogP contribution in [0.3, 0.4) is 0 Å². The Morgan fingerprint density at radius 2 is 2.16 bits per heavy atom. The summed E-state index contributed by atoms with van der Waals surface area (Å²) in [5, 5.41) is 3.03.